The molecule has 2 fully saturated rings. The van der Waals surface area contributed by atoms with Crippen LogP contribution in [0.25, 0.3) is 17.0 Å². The van der Waals surface area contributed by atoms with Gasteiger partial charge in [-0.15, -0.1) is 0 Å². The van der Waals surface area contributed by atoms with E-state index in [1.54, 1.807) is 6.33 Å². The number of fused-ring (bicyclic) bond motifs is 1. The molecule has 26 heavy (non-hydrogen) atoms. The van der Waals surface area contributed by atoms with Gasteiger partial charge in [0.15, 0.2) is 0 Å². The van der Waals surface area contributed by atoms with Gasteiger partial charge in [0.25, 0.3) is 5.78 Å². The molecule has 2 saturated heterocycles. The lowest BCUT2D eigenvalue weighted by Gasteiger charge is -2.38. The second kappa shape index (κ2) is 6.68. The molecular formula is C20H24N6. The van der Waals surface area contributed by atoms with E-state index < -0.39 is 0 Å². The Morgan fingerprint density at radius 3 is 2.65 bits per heavy atom. The number of likely N-dealkylation sites (tertiary alicyclic amines) is 1. The highest BCUT2D eigenvalue weighted by Gasteiger charge is 2.28. The van der Waals surface area contributed by atoms with Gasteiger partial charge in [-0.1, -0.05) is 30.3 Å². The summed E-state index contributed by atoms with van der Waals surface area (Å²) in [7, 11) is 0. The number of hydrogen-bond donors (Lipinski definition) is 0. The smallest absolute Gasteiger partial charge is 0.254 e. The monoisotopic (exact) mass is 348 g/mol. The molecule has 2 aliphatic heterocycles. The predicted molar refractivity (Wildman–Crippen MR) is 102 cm³/mol. The average molecular weight is 348 g/mol. The second-order valence-electron chi connectivity index (χ2n) is 7.32. The first-order valence-electron chi connectivity index (χ1n) is 9.64. The van der Waals surface area contributed by atoms with Crippen molar-refractivity contribution in [2.45, 2.75) is 31.7 Å². The summed E-state index contributed by atoms with van der Waals surface area (Å²) in [6, 6.07) is 13.2. The lowest BCUT2D eigenvalue weighted by Crippen LogP contribution is -2.47. The molecule has 2 aromatic heterocycles. The SMILES string of the molecule is c1ccc(-c2cc(N3CCC[C@@H](N4CCCC4)C3)n3ncnc3n2)cc1. The van der Waals surface area contributed by atoms with Crippen LogP contribution in [-0.2, 0) is 0 Å². The third kappa shape index (κ3) is 2.84. The van der Waals surface area contributed by atoms with Crippen molar-refractivity contribution in [3.63, 3.8) is 0 Å². The Labute approximate surface area is 153 Å². The number of hydrogen-bond acceptors (Lipinski definition) is 5. The summed E-state index contributed by atoms with van der Waals surface area (Å²) in [5.41, 5.74) is 2.08. The zero-order chi connectivity index (χ0) is 17.3. The van der Waals surface area contributed by atoms with E-state index >= 15 is 0 Å². The lowest BCUT2D eigenvalue weighted by atomic mass is 10.0. The summed E-state index contributed by atoms with van der Waals surface area (Å²) in [5.74, 6) is 1.78. The van der Waals surface area contributed by atoms with Crippen LogP contribution in [-0.4, -0.2) is 56.7 Å². The van der Waals surface area contributed by atoms with Crippen molar-refractivity contribution >= 4 is 11.6 Å². The number of aromatic nitrogens is 4. The van der Waals surface area contributed by atoms with Gasteiger partial charge in [0, 0.05) is 30.8 Å². The fourth-order valence-corrected chi connectivity index (χ4v) is 4.35. The van der Waals surface area contributed by atoms with E-state index in [0.29, 0.717) is 11.8 Å². The Morgan fingerprint density at radius 1 is 0.962 bits per heavy atom. The largest absolute Gasteiger partial charge is 0.355 e. The van der Waals surface area contributed by atoms with Crippen LogP contribution in [0.1, 0.15) is 25.7 Å². The van der Waals surface area contributed by atoms with E-state index in [1.807, 2.05) is 10.6 Å². The van der Waals surface area contributed by atoms with Gasteiger partial charge < -0.3 is 4.90 Å². The summed E-state index contributed by atoms with van der Waals surface area (Å²) in [6.45, 7) is 4.64. The molecule has 6 heteroatoms. The van der Waals surface area contributed by atoms with Crippen LogP contribution >= 0.6 is 0 Å². The highest BCUT2D eigenvalue weighted by Crippen LogP contribution is 2.28. The second-order valence-corrected chi connectivity index (χ2v) is 7.32. The summed E-state index contributed by atoms with van der Waals surface area (Å²) < 4.78 is 1.89. The summed E-state index contributed by atoms with van der Waals surface area (Å²) in [5, 5.41) is 4.44. The van der Waals surface area contributed by atoms with Crippen molar-refractivity contribution in [3.05, 3.63) is 42.7 Å². The number of rotatable bonds is 3. The minimum absolute atomic E-state index is 0.651. The topological polar surface area (TPSA) is 49.6 Å². The van der Waals surface area contributed by atoms with E-state index in [1.165, 1.54) is 38.8 Å². The first-order valence-corrected chi connectivity index (χ1v) is 9.64. The number of benzene rings is 1. The quantitative estimate of drug-likeness (QED) is 0.728. The van der Waals surface area contributed by atoms with E-state index in [4.69, 9.17) is 4.98 Å². The third-order valence-electron chi connectivity index (χ3n) is 5.68. The van der Waals surface area contributed by atoms with Gasteiger partial charge in [-0.25, -0.2) is 4.98 Å². The highest BCUT2D eigenvalue weighted by molar-refractivity contribution is 5.65. The highest BCUT2D eigenvalue weighted by atomic mass is 15.4. The van der Waals surface area contributed by atoms with Crippen molar-refractivity contribution in [1.29, 1.82) is 0 Å². The van der Waals surface area contributed by atoms with Gasteiger partial charge in [0.05, 0.1) is 5.69 Å². The van der Waals surface area contributed by atoms with Gasteiger partial charge in [-0.3, -0.25) is 4.90 Å². The summed E-state index contributed by atoms with van der Waals surface area (Å²) in [4.78, 5) is 14.2. The predicted octanol–water partition coefficient (Wildman–Crippen LogP) is 2.86. The molecule has 0 saturated carbocycles. The third-order valence-corrected chi connectivity index (χ3v) is 5.68. The molecule has 0 unspecified atom stereocenters. The van der Waals surface area contributed by atoms with E-state index in [-0.39, 0.29) is 0 Å². The van der Waals surface area contributed by atoms with E-state index in [2.05, 4.69) is 50.2 Å². The normalized spacial score (nSPS) is 21.5. The maximum atomic E-state index is 4.71. The van der Waals surface area contributed by atoms with Crippen LogP contribution in [0.4, 0.5) is 5.82 Å². The molecule has 0 radical (unpaired) electrons. The summed E-state index contributed by atoms with van der Waals surface area (Å²) in [6.07, 6.45) is 6.81. The van der Waals surface area contributed by atoms with Crippen LogP contribution in [0, 0.1) is 0 Å². The zero-order valence-corrected chi connectivity index (χ0v) is 15.0. The zero-order valence-electron chi connectivity index (χ0n) is 15.0. The number of nitrogens with zero attached hydrogens (tertiary/aromatic N) is 6. The maximum Gasteiger partial charge on any atom is 0.254 e. The molecule has 0 aliphatic carbocycles. The van der Waals surface area contributed by atoms with Crippen molar-refractivity contribution in [2.75, 3.05) is 31.1 Å². The first kappa shape index (κ1) is 15.8. The molecule has 0 amide bonds. The Morgan fingerprint density at radius 2 is 1.81 bits per heavy atom. The molecule has 1 aromatic carbocycles. The Balaban J connectivity index is 1.52. The van der Waals surface area contributed by atoms with Gasteiger partial charge in [-0.05, 0) is 38.8 Å². The Hall–Kier alpha value is -2.47. The number of anilines is 1. The van der Waals surface area contributed by atoms with Gasteiger partial charge in [0.1, 0.15) is 12.1 Å². The molecule has 0 bridgehead atoms. The summed E-state index contributed by atoms with van der Waals surface area (Å²) >= 11 is 0. The van der Waals surface area contributed by atoms with Crippen LogP contribution in [0.2, 0.25) is 0 Å². The molecule has 0 N–H and O–H groups in total. The first-order chi connectivity index (χ1) is 12.9. The van der Waals surface area contributed by atoms with Crippen LogP contribution in [0.15, 0.2) is 42.7 Å². The van der Waals surface area contributed by atoms with Gasteiger partial charge in [-0.2, -0.15) is 14.6 Å². The molecule has 4 heterocycles. The van der Waals surface area contributed by atoms with E-state index in [9.17, 15) is 0 Å². The van der Waals surface area contributed by atoms with Crippen molar-refractivity contribution < 1.29 is 0 Å². The van der Waals surface area contributed by atoms with Crippen LogP contribution in [0.3, 0.4) is 0 Å². The fraction of sp³-hybridized carbons (Fsp3) is 0.450. The van der Waals surface area contributed by atoms with Crippen molar-refractivity contribution in [2.24, 2.45) is 0 Å². The molecule has 3 aromatic rings. The van der Waals surface area contributed by atoms with E-state index in [0.717, 1.165) is 30.2 Å². The number of piperidine rings is 1. The van der Waals surface area contributed by atoms with Crippen LogP contribution < -0.4 is 4.90 Å². The molecule has 1 atom stereocenters. The van der Waals surface area contributed by atoms with Gasteiger partial charge in [0.2, 0.25) is 0 Å². The van der Waals surface area contributed by atoms with Crippen molar-refractivity contribution in [1.82, 2.24) is 24.5 Å². The molecule has 134 valence electrons. The van der Waals surface area contributed by atoms with Gasteiger partial charge >= 0.3 is 0 Å². The molecule has 2 aliphatic rings. The maximum absolute atomic E-state index is 4.71. The van der Waals surface area contributed by atoms with Crippen molar-refractivity contribution in [3.8, 4) is 11.3 Å². The minimum atomic E-state index is 0.651. The van der Waals surface area contributed by atoms with Crippen LogP contribution in [0.5, 0.6) is 0 Å². The Kier molecular flexibility index (Phi) is 4.05. The molecule has 6 nitrogen and oxygen atoms in total. The molecule has 0 spiro atoms. The Bertz CT molecular complexity index is 884. The standard InChI is InChI=1S/C20H24N6/c1-2-7-16(8-3-1)18-13-19(26-20(23-18)21-15-22-26)25-12-6-9-17(14-25)24-10-4-5-11-24/h1-3,7-8,13,15,17H,4-6,9-12,14H2/t17-/m1/s1. The molecular weight excluding hydrogens is 324 g/mol. The lowest BCUT2D eigenvalue weighted by molar-refractivity contribution is 0.215. The average Bonchev–Trinajstić information content (AvgIpc) is 3.40. The minimum Gasteiger partial charge on any atom is -0.355 e. The fourth-order valence-electron chi connectivity index (χ4n) is 4.35. The molecule has 5 rings (SSSR count).